The monoisotopic (exact) mass is 436 g/mol. The lowest BCUT2D eigenvalue weighted by Gasteiger charge is -2.29. The van der Waals surface area contributed by atoms with Crippen molar-refractivity contribution in [3.8, 4) is 0 Å². The van der Waals surface area contributed by atoms with Gasteiger partial charge in [-0.15, -0.1) is 0 Å². The Kier molecular flexibility index (Phi) is 12.9. The largest absolute Gasteiger partial charge is 0.396 e. The second kappa shape index (κ2) is 13.3. The van der Waals surface area contributed by atoms with Crippen molar-refractivity contribution in [2.24, 2.45) is 22.2 Å². The Hall–Kier alpha value is -1.10. The lowest BCUT2D eigenvalue weighted by atomic mass is 9.69. The van der Waals surface area contributed by atoms with Crippen molar-refractivity contribution in [2.75, 3.05) is 39.6 Å². The summed E-state index contributed by atoms with van der Waals surface area (Å²) >= 11 is 0. The molecule has 9 nitrogen and oxygen atoms in total. The van der Waals surface area contributed by atoms with Crippen LogP contribution in [0.25, 0.3) is 0 Å². The highest BCUT2D eigenvalue weighted by Crippen LogP contribution is 2.46. The molecule has 1 saturated carbocycles. The van der Waals surface area contributed by atoms with Crippen LogP contribution in [0, 0.1) is 22.2 Å². The minimum Gasteiger partial charge on any atom is -0.396 e. The van der Waals surface area contributed by atoms with E-state index in [1.165, 1.54) is 0 Å². The molecule has 30 heavy (non-hydrogen) atoms. The summed E-state index contributed by atoms with van der Waals surface area (Å²) in [6.45, 7) is 4.56. The topological polar surface area (TPSA) is 165 Å². The molecule has 0 aromatic carbocycles. The second-order valence-electron chi connectivity index (χ2n) is 8.58. The summed E-state index contributed by atoms with van der Waals surface area (Å²) in [4.78, 5) is 22.5. The van der Waals surface area contributed by atoms with Crippen molar-refractivity contribution in [3.05, 3.63) is 0 Å². The van der Waals surface area contributed by atoms with E-state index in [0.717, 1.165) is 25.7 Å². The maximum Gasteiger partial charge on any atom is 0.320 e. The molecular weight excluding hydrogens is 396 g/mol. The van der Waals surface area contributed by atoms with Crippen LogP contribution >= 0.6 is 0 Å². The molecule has 178 valence electrons. The third-order valence-electron chi connectivity index (χ3n) is 6.66. The van der Waals surface area contributed by atoms with E-state index in [-0.39, 0.29) is 57.5 Å². The zero-order valence-corrected chi connectivity index (χ0v) is 18.5. The molecule has 2 fully saturated rings. The lowest BCUT2D eigenvalue weighted by molar-refractivity contribution is -0.155. The number of esters is 2. The Bertz CT molecular complexity index is 460. The van der Waals surface area contributed by atoms with Gasteiger partial charge in [0.15, 0.2) is 0 Å². The van der Waals surface area contributed by atoms with Crippen LogP contribution in [0.1, 0.15) is 59.3 Å². The molecule has 0 aromatic heterocycles. The molecule has 0 radical (unpaired) electrons. The Morgan fingerprint density at radius 2 is 1.23 bits per heavy atom. The van der Waals surface area contributed by atoms with Crippen LogP contribution in [-0.4, -0.2) is 82.2 Å². The van der Waals surface area contributed by atoms with Crippen LogP contribution in [0.3, 0.4) is 0 Å². The van der Waals surface area contributed by atoms with E-state index in [0.29, 0.717) is 12.8 Å². The van der Waals surface area contributed by atoms with Crippen LogP contribution in [0.4, 0.5) is 0 Å². The van der Waals surface area contributed by atoms with Gasteiger partial charge in [-0.3, -0.25) is 9.59 Å². The zero-order valence-electron chi connectivity index (χ0n) is 18.5. The van der Waals surface area contributed by atoms with Gasteiger partial charge < -0.3 is 35.4 Å². The first kappa shape index (κ1) is 28.9. The van der Waals surface area contributed by atoms with Crippen molar-refractivity contribution in [1.82, 2.24) is 0 Å². The molecule has 1 saturated heterocycles. The first-order valence-electron chi connectivity index (χ1n) is 10.5. The highest BCUT2D eigenvalue weighted by Gasteiger charge is 2.54. The quantitative estimate of drug-likeness (QED) is 0.227. The highest BCUT2D eigenvalue weighted by atomic mass is 16.6. The molecule has 6 N–H and O–H groups in total. The summed E-state index contributed by atoms with van der Waals surface area (Å²) in [5.41, 5.74) is -1.82. The fraction of sp³-hybridized carbons (Fsp3) is 0.905. The number of hydrogen-bond acceptors (Lipinski definition) is 9. The van der Waals surface area contributed by atoms with Gasteiger partial charge in [0.05, 0.1) is 51.0 Å². The van der Waals surface area contributed by atoms with Crippen LogP contribution in [-0.2, 0) is 14.3 Å². The molecule has 2 rings (SSSR count). The third kappa shape index (κ3) is 6.96. The van der Waals surface area contributed by atoms with Gasteiger partial charge in [-0.25, -0.2) is 0 Å². The summed E-state index contributed by atoms with van der Waals surface area (Å²) < 4.78 is 4.63. The lowest BCUT2D eigenvalue weighted by Crippen LogP contribution is -2.33. The van der Waals surface area contributed by atoms with E-state index in [9.17, 15) is 9.59 Å². The average molecular weight is 437 g/mol. The summed E-state index contributed by atoms with van der Waals surface area (Å²) in [7, 11) is 0. The summed E-state index contributed by atoms with van der Waals surface area (Å²) in [6, 6.07) is 0. The van der Waals surface area contributed by atoms with Gasteiger partial charge >= 0.3 is 11.9 Å². The minimum absolute atomic E-state index is 0.154. The number of cyclic esters (lactones) is 2. The number of hydrogen-bond donors (Lipinski definition) is 6. The number of carbonyl (C=O) groups is 2. The molecule has 2 atom stereocenters. The standard InChI is InChI=1S/C9H12O3.2C6H14O3/c1-9-5-3-2-4-6(9)7(10)12-8(9)11;2*1-2-6(3-7,4-8)5-9/h6H,2-5H2,1H3;2*7-9H,2-5H2,1H3. The van der Waals surface area contributed by atoms with Gasteiger partial charge in [-0.1, -0.05) is 26.7 Å². The van der Waals surface area contributed by atoms with E-state index < -0.39 is 16.2 Å². The summed E-state index contributed by atoms with van der Waals surface area (Å²) in [6.07, 6.45) is 4.90. The van der Waals surface area contributed by atoms with Crippen molar-refractivity contribution in [1.29, 1.82) is 0 Å². The van der Waals surface area contributed by atoms with Crippen molar-refractivity contribution >= 4 is 11.9 Å². The van der Waals surface area contributed by atoms with E-state index in [1.54, 1.807) is 0 Å². The number of ether oxygens (including phenoxy) is 1. The Labute approximate surface area is 178 Å². The molecule has 1 heterocycles. The molecule has 2 unspecified atom stereocenters. The predicted molar refractivity (Wildman–Crippen MR) is 109 cm³/mol. The Balaban J connectivity index is 0.000000430. The first-order chi connectivity index (χ1) is 14.1. The van der Waals surface area contributed by atoms with Crippen molar-refractivity contribution in [2.45, 2.75) is 59.3 Å². The second-order valence-corrected chi connectivity index (χ2v) is 8.58. The predicted octanol–water partition coefficient (Wildman–Crippen LogP) is -0.0143. The summed E-state index contributed by atoms with van der Waals surface area (Å²) in [5.74, 6) is -0.766. The average Bonchev–Trinajstić information content (AvgIpc) is 3.02. The maximum absolute atomic E-state index is 11.3. The molecule has 1 aliphatic heterocycles. The number of rotatable bonds is 8. The van der Waals surface area contributed by atoms with Gasteiger partial charge in [0, 0.05) is 10.8 Å². The van der Waals surface area contributed by atoms with E-state index in [4.69, 9.17) is 30.6 Å². The van der Waals surface area contributed by atoms with Gasteiger partial charge in [-0.05, 0) is 32.6 Å². The van der Waals surface area contributed by atoms with E-state index in [1.807, 2.05) is 20.8 Å². The SMILES string of the molecule is CC12CCCCC1C(=O)OC2=O.CCC(CO)(CO)CO.CCC(CO)(CO)CO. The first-order valence-corrected chi connectivity index (χ1v) is 10.5. The fourth-order valence-electron chi connectivity index (χ4n) is 3.21. The number of aliphatic hydroxyl groups is 6. The van der Waals surface area contributed by atoms with Crippen LogP contribution in [0.2, 0.25) is 0 Å². The van der Waals surface area contributed by atoms with Gasteiger partial charge in [0.25, 0.3) is 0 Å². The number of carbonyl (C=O) groups excluding carboxylic acids is 2. The molecule has 0 amide bonds. The van der Waals surface area contributed by atoms with Crippen molar-refractivity contribution in [3.63, 3.8) is 0 Å². The zero-order chi connectivity index (χ0) is 23.4. The highest BCUT2D eigenvalue weighted by molar-refractivity contribution is 5.99. The van der Waals surface area contributed by atoms with Crippen LogP contribution in [0.5, 0.6) is 0 Å². The Morgan fingerprint density at radius 3 is 1.50 bits per heavy atom. The maximum atomic E-state index is 11.3. The van der Waals surface area contributed by atoms with E-state index >= 15 is 0 Å². The molecule has 9 heteroatoms. The number of aliphatic hydroxyl groups excluding tert-OH is 6. The van der Waals surface area contributed by atoms with Gasteiger partial charge in [0.2, 0.25) is 0 Å². The van der Waals surface area contributed by atoms with E-state index in [2.05, 4.69) is 4.74 Å². The van der Waals surface area contributed by atoms with Crippen LogP contribution < -0.4 is 0 Å². The smallest absolute Gasteiger partial charge is 0.320 e. The Morgan fingerprint density at radius 1 is 0.833 bits per heavy atom. The summed E-state index contributed by atoms with van der Waals surface area (Å²) in [5, 5.41) is 51.9. The molecule has 1 aliphatic carbocycles. The van der Waals surface area contributed by atoms with Gasteiger partial charge in [0.1, 0.15) is 0 Å². The molecule has 0 spiro atoms. The van der Waals surface area contributed by atoms with Crippen LogP contribution in [0.15, 0.2) is 0 Å². The minimum atomic E-state index is -0.667. The van der Waals surface area contributed by atoms with Gasteiger partial charge in [-0.2, -0.15) is 0 Å². The third-order valence-corrected chi connectivity index (χ3v) is 6.66. The molecular formula is C21H40O9. The number of fused-ring (bicyclic) bond motifs is 1. The molecule has 0 bridgehead atoms. The normalized spacial score (nSPS) is 23.6. The van der Waals surface area contributed by atoms with Crippen molar-refractivity contribution < 1.29 is 45.0 Å². The molecule has 0 aromatic rings. The molecule has 2 aliphatic rings. The fourth-order valence-corrected chi connectivity index (χ4v) is 3.21.